The van der Waals surface area contributed by atoms with Gasteiger partial charge in [-0.15, -0.1) is 19.6 Å². The molecule has 0 radical (unpaired) electrons. The Labute approximate surface area is 225 Å². The van der Waals surface area contributed by atoms with E-state index in [4.69, 9.17) is 11.2 Å². The zero-order valence-corrected chi connectivity index (χ0v) is 22.6. The van der Waals surface area contributed by atoms with Crippen molar-refractivity contribution in [3.05, 3.63) is 55.1 Å². The van der Waals surface area contributed by atoms with Crippen LogP contribution < -0.4 is 10.2 Å². The van der Waals surface area contributed by atoms with Crippen LogP contribution >= 0.6 is 0 Å². The molecule has 1 N–H and O–H groups in total. The lowest BCUT2D eigenvalue weighted by molar-refractivity contribution is -0.142. The Morgan fingerprint density at radius 1 is 1.18 bits per heavy atom. The number of carbonyl (C=O) groups excluding carboxylic acids is 3. The number of rotatable bonds is 8. The minimum absolute atomic E-state index is 0.100. The van der Waals surface area contributed by atoms with Crippen LogP contribution in [-0.4, -0.2) is 91.0 Å². The first kappa shape index (κ1) is 27.6. The Morgan fingerprint density at radius 2 is 1.84 bits per heavy atom. The molecular formula is C30H38N4O4. The number of ketones is 1. The highest BCUT2D eigenvalue weighted by molar-refractivity contribution is 6.03. The van der Waals surface area contributed by atoms with Crippen LogP contribution in [0.4, 0.5) is 5.69 Å². The van der Waals surface area contributed by atoms with E-state index in [1.165, 1.54) is 17.1 Å². The zero-order valence-electron chi connectivity index (χ0n) is 22.6. The molecule has 3 aliphatic heterocycles. The molecule has 3 fully saturated rings. The number of benzene rings is 1. The number of fused-ring (bicyclic) bond motifs is 1. The van der Waals surface area contributed by atoms with E-state index in [-0.39, 0.29) is 36.7 Å². The van der Waals surface area contributed by atoms with Gasteiger partial charge in [0.05, 0.1) is 5.92 Å². The molecule has 4 atom stereocenters. The summed E-state index contributed by atoms with van der Waals surface area (Å²) in [6.07, 6.45) is 9.19. The lowest BCUT2D eigenvalue weighted by atomic mass is 9.74. The van der Waals surface area contributed by atoms with E-state index in [0.717, 1.165) is 31.9 Å². The predicted molar refractivity (Wildman–Crippen MR) is 148 cm³/mol. The highest BCUT2D eigenvalue weighted by Crippen LogP contribution is 2.51. The fourth-order valence-electron chi connectivity index (χ4n) is 6.00. The van der Waals surface area contributed by atoms with Gasteiger partial charge in [-0.05, 0) is 43.7 Å². The fraction of sp³-hybridized carbons (Fsp3) is 0.500. The van der Waals surface area contributed by atoms with Crippen LogP contribution in [0.3, 0.4) is 0 Å². The largest absolute Gasteiger partial charge is 0.369 e. The topological polar surface area (TPSA) is 82.2 Å². The summed E-state index contributed by atoms with van der Waals surface area (Å²) in [4.78, 5) is 46.6. The Hall–Kier alpha value is -3.41. The van der Waals surface area contributed by atoms with Crippen LogP contribution in [-0.2, 0) is 14.3 Å². The third-order valence-corrected chi connectivity index (χ3v) is 8.15. The molecule has 1 aromatic rings. The number of carbonyl (C=O) groups is 3. The predicted octanol–water partition coefficient (Wildman–Crippen LogP) is 2.12. The number of amides is 2. The molecule has 0 spiro atoms. The van der Waals surface area contributed by atoms with Crippen molar-refractivity contribution in [2.75, 3.05) is 51.3 Å². The molecule has 38 heavy (non-hydrogen) atoms. The first-order valence-electron chi connectivity index (χ1n) is 13.2. The summed E-state index contributed by atoms with van der Waals surface area (Å²) in [6, 6.07) is 6.59. The molecule has 0 bridgehead atoms. The van der Waals surface area contributed by atoms with E-state index in [1.54, 1.807) is 12.1 Å². The molecule has 4 rings (SSSR count). The van der Waals surface area contributed by atoms with Crippen LogP contribution in [0, 0.1) is 24.2 Å². The SMILES string of the molecule is C#CC1CN(C(=O)C(CC(C)C)NC(=O)c2ccc(N3CCN(C)CC3)cc2)C2(C=C)C(=O)COC12C=C. The van der Waals surface area contributed by atoms with Crippen molar-refractivity contribution in [3.63, 3.8) is 0 Å². The third kappa shape index (κ3) is 4.44. The van der Waals surface area contributed by atoms with Gasteiger partial charge in [0.15, 0.2) is 11.3 Å². The highest BCUT2D eigenvalue weighted by atomic mass is 16.5. The molecule has 0 saturated carbocycles. The summed E-state index contributed by atoms with van der Waals surface area (Å²) < 4.78 is 5.91. The number of likely N-dealkylation sites (tertiary alicyclic amines) is 1. The minimum atomic E-state index is -1.47. The third-order valence-electron chi connectivity index (χ3n) is 8.15. The van der Waals surface area contributed by atoms with Gasteiger partial charge in [0.1, 0.15) is 18.2 Å². The molecule has 4 unspecified atom stereocenters. The fourth-order valence-corrected chi connectivity index (χ4v) is 6.00. The van der Waals surface area contributed by atoms with Crippen molar-refractivity contribution in [2.45, 2.75) is 37.5 Å². The Morgan fingerprint density at radius 3 is 2.39 bits per heavy atom. The number of hydrogen-bond acceptors (Lipinski definition) is 6. The Kier molecular flexibility index (Phi) is 7.82. The summed E-state index contributed by atoms with van der Waals surface area (Å²) in [5.74, 6) is 1.18. The van der Waals surface area contributed by atoms with E-state index in [2.05, 4.69) is 41.2 Å². The number of terminal acetylenes is 1. The number of nitrogens with zero attached hydrogens (tertiary/aromatic N) is 3. The molecule has 3 saturated heterocycles. The van der Waals surface area contributed by atoms with Crippen LogP contribution in [0.1, 0.15) is 30.6 Å². The summed E-state index contributed by atoms with van der Waals surface area (Å²) in [5, 5.41) is 2.93. The Bertz CT molecular complexity index is 1150. The molecule has 1 aromatic carbocycles. The summed E-state index contributed by atoms with van der Waals surface area (Å²) in [7, 11) is 2.11. The average Bonchev–Trinajstić information content (AvgIpc) is 3.37. The van der Waals surface area contributed by atoms with Crippen molar-refractivity contribution >= 4 is 23.3 Å². The van der Waals surface area contributed by atoms with E-state index < -0.39 is 23.1 Å². The van der Waals surface area contributed by atoms with Gasteiger partial charge in [0.2, 0.25) is 5.91 Å². The molecule has 0 aromatic heterocycles. The van der Waals surface area contributed by atoms with Crippen molar-refractivity contribution in [1.29, 1.82) is 0 Å². The Balaban J connectivity index is 1.57. The smallest absolute Gasteiger partial charge is 0.251 e. The molecule has 202 valence electrons. The molecule has 0 aliphatic carbocycles. The summed E-state index contributed by atoms with van der Waals surface area (Å²) >= 11 is 0. The molecule has 3 heterocycles. The minimum Gasteiger partial charge on any atom is -0.369 e. The summed E-state index contributed by atoms with van der Waals surface area (Å²) in [6.45, 7) is 15.5. The molecule has 8 nitrogen and oxygen atoms in total. The van der Waals surface area contributed by atoms with Crippen molar-refractivity contribution in [3.8, 4) is 12.3 Å². The van der Waals surface area contributed by atoms with Gasteiger partial charge in [0, 0.05) is 44.0 Å². The van der Waals surface area contributed by atoms with Crippen molar-refractivity contribution in [2.24, 2.45) is 11.8 Å². The number of anilines is 1. The maximum Gasteiger partial charge on any atom is 0.251 e. The van der Waals surface area contributed by atoms with Gasteiger partial charge in [-0.3, -0.25) is 14.4 Å². The number of hydrogen-bond donors (Lipinski definition) is 1. The lowest BCUT2D eigenvalue weighted by Gasteiger charge is -2.40. The first-order valence-corrected chi connectivity index (χ1v) is 13.2. The summed E-state index contributed by atoms with van der Waals surface area (Å²) in [5.41, 5.74) is -1.18. The van der Waals surface area contributed by atoms with Crippen molar-refractivity contribution in [1.82, 2.24) is 15.1 Å². The first-order chi connectivity index (χ1) is 18.1. The quantitative estimate of drug-likeness (QED) is 0.420. The van der Waals surface area contributed by atoms with E-state index >= 15 is 0 Å². The van der Waals surface area contributed by atoms with E-state index in [9.17, 15) is 14.4 Å². The maximum absolute atomic E-state index is 14.0. The van der Waals surface area contributed by atoms with Crippen LogP contribution in [0.5, 0.6) is 0 Å². The number of likely N-dealkylation sites (N-methyl/N-ethyl adjacent to an activating group) is 1. The number of ether oxygens (including phenoxy) is 1. The lowest BCUT2D eigenvalue weighted by Crippen LogP contribution is -2.62. The highest BCUT2D eigenvalue weighted by Gasteiger charge is 2.71. The van der Waals surface area contributed by atoms with Crippen LogP contribution in [0.15, 0.2) is 49.6 Å². The molecule has 8 heteroatoms. The number of piperazine rings is 1. The molecule has 3 aliphatic rings. The van der Waals surface area contributed by atoms with Gasteiger partial charge < -0.3 is 24.8 Å². The van der Waals surface area contributed by atoms with Gasteiger partial charge in [-0.2, -0.15) is 0 Å². The van der Waals surface area contributed by atoms with Crippen molar-refractivity contribution < 1.29 is 19.1 Å². The van der Waals surface area contributed by atoms with Crippen LogP contribution in [0.25, 0.3) is 0 Å². The van der Waals surface area contributed by atoms with E-state index in [0.29, 0.717) is 12.0 Å². The maximum atomic E-state index is 14.0. The zero-order chi connectivity index (χ0) is 27.7. The number of Topliss-reactive ketones (excluding diaryl/α,β-unsaturated/α-hetero) is 1. The normalized spacial score (nSPS) is 28.1. The second-order valence-corrected chi connectivity index (χ2v) is 10.8. The van der Waals surface area contributed by atoms with Gasteiger partial charge >= 0.3 is 0 Å². The van der Waals surface area contributed by atoms with Gasteiger partial charge in [0.25, 0.3) is 5.91 Å². The van der Waals surface area contributed by atoms with Gasteiger partial charge in [-0.1, -0.05) is 31.9 Å². The van der Waals surface area contributed by atoms with Gasteiger partial charge in [-0.25, -0.2) is 0 Å². The molecular weight excluding hydrogens is 480 g/mol. The average molecular weight is 519 g/mol. The van der Waals surface area contributed by atoms with Crippen LogP contribution in [0.2, 0.25) is 0 Å². The standard InChI is InChI=1S/C30H38N4O4/c1-7-23-19-34(29(8-2)26(35)20-38-30(23,29)9-3)28(37)25(18-21(4)5)31-27(36)22-10-12-24(13-11-22)33-16-14-32(6)15-17-33/h1,8-13,21,23,25H,2-3,14-20H2,4-6H3,(H,31,36). The number of nitrogens with one attached hydrogen (secondary N) is 1. The molecule has 2 amide bonds. The van der Waals surface area contributed by atoms with E-state index in [1.807, 2.05) is 26.0 Å². The second kappa shape index (κ2) is 10.8. The second-order valence-electron chi connectivity index (χ2n) is 10.8. The monoisotopic (exact) mass is 518 g/mol.